The van der Waals surface area contributed by atoms with Crippen molar-refractivity contribution >= 4 is 0 Å². The molecule has 1 N–H and O–H groups in total. The summed E-state index contributed by atoms with van der Waals surface area (Å²) in [6.07, 6.45) is 2.52. The summed E-state index contributed by atoms with van der Waals surface area (Å²) in [5.74, 6) is 0. The molecule has 0 fully saturated rings. The first kappa shape index (κ1) is 13.9. The predicted octanol–water partition coefficient (Wildman–Crippen LogP) is 2.97. The molecule has 0 saturated carbocycles. The van der Waals surface area contributed by atoms with Gasteiger partial charge < -0.3 is 10.1 Å². The minimum absolute atomic E-state index is 0.0105. The van der Waals surface area contributed by atoms with E-state index in [9.17, 15) is 0 Å². The molecule has 0 radical (unpaired) electrons. The third-order valence-electron chi connectivity index (χ3n) is 2.74. The third-order valence-corrected chi connectivity index (χ3v) is 2.74. The summed E-state index contributed by atoms with van der Waals surface area (Å²) in [7, 11) is 0. The minimum Gasteiger partial charge on any atom is -0.371 e. The van der Waals surface area contributed by atoms with Gasteiger partial charge in [0.1, 0.15) is 0 Å². The van der Waals surface area contributed by atoms with Crippen molar-refractivity contribution in [3.05, 3.63) is 0 Å². The van der Waals surface area contributed by atoms with Crippen LogP contribution in [0.4, 0.5) is 0 Å². The molecule has 0 bridgehead atoms. The average molecular weight is 201 g/mol. The maximum atomic E-state index is 5.92. The Balaban J connectivity index is 3.70. The molecule has 2 unspecified atom stereocenters. The molecule has 0 rings (SSSR count). The van der Waals surface area contributed by atoms with Crippen molar-refractivity contribution in [3.63, 3.8) is 0 Å². The largest absolute Gasteiger partial charge is 0.371 e. The lowest BCUT2D eigenvalue weighted by atomic mass is 10.1. The SMILES string of the molecule is CCC(C)NCC(C)OC(C)(C)CC. The first-order valence-corrected chi connectivity index (χ1v) is 5.82. The smallest absolute Gasteiger partial charge is 0.0678 e. The van der Waals surface area contributed by atoms with E-state index in [4.69, 9.17) is 4.74 Å². The topological polar surface area (TPSA) is 21.3 Å². The van der Waals surface area contributed by atoms with Crippen molar-refractivity contribution in [1.29, 1.82) is 0 Å². The highest BCUT2D eigenvalue weighted by Crippen LogP contribution is 2.15. The van der Waals surface area contributed by atoms with Gasteiger partial charge in [0.25, 0.3) is 0 Å². The van der Waals surface area contributed by atoms with Gasteiger partial charge in [-0.1, -0.05) is 13.8 Å². The number of hydrogen-bond acceptors (Lipinski definition) is 2. The Hall–Kier alpha value is -0.0800. The fourth-order valence-electron chi connectivity index (χ4n) is 1.18. The van der Waals surface area contributed by atoms with E-state index in [0.717, 1.165) is 13.0 Å². The number of ether oxygens (including phenoxy) is 1. The monoisotopic (exact) mass is 201 g/mol. The molecule has 2 nitrogen and oxygen atoms in total. The highest BCUT2D eigenvalue weighted by molar-refractivity contribution is 4.70. The maximum absolute atomic E-state index is 5.92. The Morgan fingerprint density at radius 2 is 1.79 bits per heavy atom. The third kappa shape index (κ3) is 6.39. The van der Waals surface area contributed by atoms with E-state index in [1.54, 1.807) is 0 Å². The maximum Gasteiger partial charge on any atom is 0.0678 e. The van der Waals surface area contributed by atoms with Crippen LogP contribution in [-0.4, -0.2) is 24.3 Å². The van der Waals surface area contributed by atoms with Crippen molar-refractivity contribution in [2.24, 2.45) is 0 Å². The van der Waals surface area contributed by atoms with Crippen LogP contribution < -0.4 is 5.32 Å². The first-order chi connectivity index (χ1) is 6.41. The van der Waals surface area contributed by atoms with Gasteiger partial charge in [-0.15, -0.1) is 0 Å². The molecular weight excluding hydrogens is 174 g/mol. The van der Waals surface area contributed by atoms with Crippen molar-refractivity contribution in [2.75, 3.05) is 6.54 Å². The number of nitrogens with one attached hydrogen (secondary N) is 1. The Kier molecular flexibility index (Phi) is 6.38. The fourth-order valence-corrected chi connectivity index (χ4v) is 1.18. The average Bonchev–Trinajstić information content (AvgIpc) is 2.13. The molecule has 2 heteroatoms. The normalized spacial score (nSPS) is 16.7. The molecule has 0 aromatic rings. The highest BCUT2D eigenvalue weighted by atomic mass is 16.5. The van der Waals surface area contributed by atoms with Crippen LogP contribution in [0.2, 0.25) is 0 Å². The summed E-state index contributed by atoms with van der Waals surface area (Å²) >= 11 is 0. The van der Waals surface area contributed by atoms with E-state index in [2.05, 4.69) is 46.9 Å². The lowest BCUT2D eigenvalue weighted by molar-refractivity contribution is -0.0647. The summed E-state index contributed by atoms with van der Waals surface area (Å²) in [6, 6.07) is 0.589. The molecule has 0 aliphatic rings. The van der Waals surface area contributed by atoms with Gasteiger partial charge in [-0.25, -0.2) is 0 Å². The zero-order chi connectivity index (χ0) is 11.2. The molecule has 0 aromatic heterocycles. The van der Waals surface area contributed by atoms with Crippen LogP contribution in [0.3, 0.4) is 0 Å². The number of hydrogen-bond donors (Lipinski definition) is 1. The van der Waals surface area contributed by atoms with Gasteiger partial charge in [0.2, 0.25) is 0 Å². The molecule has 0 aromatic carbocycles. The Morgan fingerprint density at radius 1 is 1.21 bits per heavy atom. The van der Waals surface area contributed by atoms with Crippen LogP contribution in [0.5, 0.6) is 0 Å². The summed E-state index contributed by atoms with van der Waals surface area (Å²) in [4.78, 5) is 0. The van der Waals surface area contributed by atoms with Crippen molar-refractivity contribution < 1.29 is 4.74 Å². The van der Waals surface area contributed by atoms with Crippen molar-refractivity contribution in [3.8, 4) is 0 Å². The van der Waals surface area contributed by atoms with Gasteiger partial charge in [-0.2, -0.15) is 0 Å². The van der Waals surface area contributed by atoms with Gasteiger partial charge in [0.15, 0.2) is 0 Å². The van der Waals surface area contributed by atoms with Crippen LogP contribution in [0, 0.1) is 0 Å². The Labute approximate surface area is 89.4 Å². The second-order valence-corrected chi connectivity index (χ2v) is 4.76. The summed E-state index contributed by atoms with van der Waals surface area (Å²) in [5, 5.41) is 3.45. The van der Waals surface area contributed by atoms with Gasteiger partial charge >= 0.3 is 0 Å². The van der Waals surface area contributed by atoms with Gasteiger partial charge in [0.05, 0.1) is 11.7 Å². The van der Waals surface area contributed by atoms with Gasteiger partial charge in [-0.3, -0.25) is 0 Å². The van der Waals surface area contributed by atoms with Crippen molar-refractivity contribution in [1.82, 2.24) is 5.32 Å². The van der Waals surface area contributed by atoms with Crippen LogP contribution in [0.25, 0.3) is 0 Å². The lowest BCUT2D eigenvalue weighted by Crippen LogP contribution is -2.37. The molecule has 0 spiro atoms. The van der Waals surface area contributed by atoms with E-state index in [-0.39, 0.29) is 5.60 Å². The predicted molar refractivity (Wildman–Crippen MR) is 62.7 cm³/mol. The zero-order valence-corrected chi connectivity index (χ0v) is 10.7. The quantitative estimate of drug-likeness (QED) is 0.684. The Bertz CT molecular complexity index is 145. The molecule has 14 heavy (non-hydrogen) atoms. The van der Waals surface area contributed by atoms with Crippen molar-refractivity contribution in [2.45, 2.75) is 72.1 Å². The van der Waals surface area contributed by atoms with E-state index in [1.165, 1.54) is 6.42 Å². The van der Waals surface area contributed by atoms with E-state index < -0.39 is 0 Å². The van der Waals surface area contributed by atoms with Gasteiger partial charge in [-0.05, 0) is 40.5 Å². The molecule has 0 aliphatic heterocycles. The molecule has 0 saturated heterocycles. The standard InChI is InChI=1S/C12H27NO/c1-7-10(3)13-9-11(4)14-12(5,6)8-2/h10-11,13H,7-9H2,1-6H3. The van der Waals surface area contributed by atoms with E-state index in [1.807, 2.05) is 0 Å². The van der Waals surface area contributed by atoms with E-state index in [0.29, 0.717) is 12.1 Å². The second kappa shape index (κ2) is 6.41. The summed E-state index contributed by atoms with van der Waals surface area (Å²) in [5.41, 5.74) is 0.0105. The molecular formula is C12H27NO. The highest BCUT2D eigenvalue weighted by Gasteiger charge is 2.18. The molecule has 0 amide bonds. The fraction of sp³-hybridized carbons (Fsp3) is 1.00. The molecule has 2 atom stereocenters. The number of rotatable bonds is 7. The lowest BCUT2D eigenvalue weighted by Gasteiger charge is -2.28. The van der Waals surface area contributed by atoms with Crippen LogP contribution in [0.1, 0.15) is 54.4 Å². The van der Waals surface area contributed by atoms with Crippen LogP contribution in [-0.2, 0) is 4.74 Å². The first-order valence-electron chi connectivity index (χ1n) is 5.82. The van der Waals surface area contributed by atoms with E-state index >= 15 is 0 Å². The second-order valence-electron chi connectivity index (χ2n) is 4.76. The molecule has 0 aliphatic carbocycles. The Morgan fingerprint density at radius 3 is 2.21 bits per heavy atom. The minimum atomic E-state index is 0.0105. The summed E-state index contributed by atoms with van der Waals surface area (Å²) < 4.78 is 5.92. The van der Waals surface area contributed by atoms with Crippen LogP contribution in [0.15, 0.2) is 0 Å². The van der Waals surface area contributed by atoms with Crippen LogP contribution >= 0.6 is 0 Å². The molecule has 86 valence electrons. The molecule has 0 heterocycles. The van der Waals surface area contributed by atoms with Gasteiger partial charge in [0, 0.05) is 12.6 Å². The summed E-state index contributed by atoms with van der Waals surface area (Å²) in [6.45, 7) is 13.9. The zero-order valence-electron chi connectivity index (χ0n) is 10.7.